The van der Waals surface area contributed by atoms with E-state index in [0.717, 1.165) is 30.8 Å². The summed E-state index contributed by atoms with van der Waals surface area (Å²) in [6.45, 7) is 9.81. The van der Waals surface area contributed by atoms with Crippen molar-refractivity contribution in [3.63, 3.8) is 0 Å². The Hall–Kier alpha value is -1.39. The van der Waals surface area contributed by atoms with Crippen LogP contribution in [0.3, 0.4) is 0 Å². The number of nitrogens with one attached hydrogen (secondary N) is 2. The molecule has 0 heterocycles. The van der Waals surface area contributed by atoms with Gasteiger partial charge in [-0.3, -0.25) is 4.79 Å². The quantitative estimate of drug-likeness (QED) is 0.754. The largest absolute Gasteiger partial charge is 0.366 e. The van der Waals surface area contributed by atoms with Crippen molar-refractivity contribution >= 4 is 11.6 Å². The summed E-state index contributed by atoms with van der Waals surface area (Å²) in [5.74, 6) is -0.126. The van der Waals surface area contributed by atoms with Crippen molar-refractivity contribution in [1.82, 2.24) is 5.32 Å². The zero-order chi connectivity index (χ0) is 15.0. The van der Waals surface area contributed by atoms with Crippen LogP contribution in [0.4, 0.5) is 5.69 Å². The van der Waals surface area contributed by atoms with Gasteiger partial charge in [0.15, 0.2) is 0 Å². The molecule has 4 heteroatoms. The Bertz CT molecular complexity index is 425. The van der Waals surface area contributed by atoms with E-state index in [1.807, 2.05) is 45.0 Å². The van der Waals surface area contributed by atoms with Gasteiger partial charge < -0.3 is 15.4 Å². The van der Waals surface area contributed by atoms with Crippen molar-refractivity contribution in [3.8, 4) is 0 Å². The maximum Gasteiger partial charge on any atom is 0.250 e. The topological polar surface area (TPSA) is 50.4 Å². The molecule has 1 rings (SSSR count). The van der Waals surface area contributed by atoms with Gasteiger partial charge in [0.1, 0.15) is 6.61 Å². The maximum absolute atomic E-state index is 11.8. The zero-order valence-electron chi connectivity index (χ0n) is 13.0. The molecule has 0 unspecified atom stereocenters. The number of hydrogen-bond acceptors (Lipinski definition) is 3. The van der Waals surface area contributed by atoms with Crippen LogP contribution in [0, 0.1) is 0 Å². The highest BCUT2D eigenvalue weighted by atomic mass is 16.5. The monoisotopic (exact) mass is 278 g/mol. The predicted octanol–water partition coefficient (Wildman–Crippen LogP) is 2.94. The number of carbonyl (C=O) groups is 1. The van der Waals surface area contributed by atoms with E-state index in [1.54, 1.807) is 0 Å². The lowest BCUT2D eigenvalue weighted by atomic mass is 10.2. The average molecular weight is 278 g/mol. The van der Waals surface area contributed by atoms with Crippen molar-refractivity contribution in [3.05, 3.63) is 29.8 Å². The first-order chi connectivity index (χ1) is 9.40. The normalized spacial score (nSPS) is 11.4. The molecule has 0 fully saturated rings. The lowest BCUT2D eigenvalue weighted by Gasteiger charge is -2.19. The number of anilines is 1. The fourth-order valence-corrected chi connectivity index (χ4v) is 1.65. The second-order valence-electron chi connectivity index (χ2n) is 5.83. The van der Waals surface area contributed by atoms with Gasteiger partial charge in [-0.2, -0.15) is 0 Å². The number of rotatable bonds is 7. The average Bonchev–Trinajstić information content (AvgIpc) is 2.36. The Morgan fingerprint density at radius 3 is 2.70 bits per heavy atom. The molecule has 0 spiro atoms. The van der Waals surface area contributed by atoms with Crippen LogP contribution in [0.25, 0.3) is 0 Å². The van der Waals surface area contributed by atoms with Gasteiger partial charge in [0.2, 0.25) is 5.91 Å². The molecule has 0 aliphatic heterocycles. The molecule has 1 amide bonds. The van der Waals surface area contributed by atoms with Crippen LogP contribution in [0.5, 0.6) is 0 Å². The Labute approximate surface area is 121 Å². The molecular weight excluding hydrogens is 252 g/mol. The van der Waals surface area contributed by atoms with Crippen molar-refractivity contribution < 1.29 is 9.53 Å². The Kier molecular flexibility index (Phi) is 6.68. The van der Waals surface area contributed by atoms with Crippen LogP contribution >= 0.6 is 0 Å². The third-order valence-electron chi connectivity index (χ3n) is 2.60. The molecule has 0 saturated heterocycles. The van der Waals surface area contributed by atoms with Crippen LogP contribution < -0.4 is 10.6 Å². The highest BCUT2D eigenvalue weighted by Gasteiger charge is 2.12. The molecule has 0 aliphatic carbocycles. The first kappa shape index (κ1) is 16.7. The molecule has 1 aromatic carbocycles. The highest BCUT2D eigenvalue weighted by molar-refractivity contribution is 5.91. The van der Waals surface area contributed by atoms with E-state index in [2.05, 4.69) is 17.6 Å². The summed E-state index contributed by atoms with van der Waals surface area (Å²) in [4.78, 5) is 11.8. The molecule has 0 radical (unpaired) electrons. The van der Waals surface area contributed by atoms with Crippen molar-refractivity contribution in [1.29, 1.82) is 0 Å². The summed E-state index contributed by atoms with van der Waals surface area (Å²) in [6, 6.07) is 7.86. The second kappa shape index (κ2) is 8.02. The lowest BCUT2D eigenvalue weighted by molar-refractivity contribution is -0.125. The molecule has 0 saturated carbocycles. The predicted molar refractivity (Wildman–Crippen MR) is 82.8 cm³/mol. The van der Waals surface area contributed by atoms with E-state index >= 15 is 0 Å². The molecule has 0 bridgehead atoms. The fraction of sp³-hybridized carbons (Fsp3) is 0.562. The van der Waals surface area contributed by atoms with Gasteiger partial charge >= 0.3 is 0 Å². The summed E-state index contributed by atoms with van der Waals surface area (Å²) in [6.07, 6.45) is 1.11. The van der Waals surface area contributed by atoms with E-state index in [0.29, 0.717) is 0 Å². The molecule has 4 nitrogen and oxygen atoms in total. The van der Waals surface area contributed by atoms with Crippen molar-refractivity contribution in [2.24, 2.45) is 0 Å². The van der Waals surface area contributed by atoms with Gasteiger partial charge in [0.25, 0.3) is 0 Å². The van der Waals surface area contributed by atoms with Gasteiger partial charge in [-0.15, -0.1) is 0 Å². The summed E-state index contributed by atoms with van der Waals surface area (Å²) in [7, 11) is 0. The summed E-state index contributed by atoms with van der Waals surface area (Å²) >= 11 is 0. The van der Waals surface area contributed by atoms with Crippen LogP contribution in [0.2, 0.25) is 0 Å². The Morgan fingerprint density at radius 1 is 1.30 bits per heavy atom. The van der Waals surface area contributed by atoms with Crippen LogP contribution in [0.15, 0.2) is 24.3 Å². The molecule has 0 atom stereocenters. The number of hydrogen-bond donors (Lipinski definition) is 2. The van der Waals surface area contributed by atoms with Gasteiger partial charge in [-0.25, -0.2) is 0 Å². The number of amides is 1. The van der Waals surface area contributed by atoms with Gasteiger partial charge in [0.05, 0.1) is 5.60 Å². The molecule has 0 aromatic heterocycles. The summed E-state index contributed by atoms with van der Waals surface area (Å²) in [5.41, 5.74) is 1.67. The standard InChI is InChI=1S/C16H26N2O2/c1-5-9-17-11-13-7-6-8-14(10-13)18-15(19)12-20-16(2,3)4/h6-8,10,17H,5,9,11-12H2,1-4H3,(H,18,19). The molecule has 112 valence electrons. The molecule has 20 heavy (non-hydrogen) atoms. The van der Waals surface area contributed by atoms with Crippen LogP contribution in [-0.4, -0.2) is 24.7 Å². The van der Waals surface area contributed by atoms with Crippen LogP contribution in [0.1, 0.15) is 39.7 Å². The van der Waals surface area contributed by atoms with E-state index in [-0.39, 0.29) is 18.1 Å². The SMILES string of the molecule is CCCNCc1cccc(NC(=O)COC(C)(C)C)c1. The minimum Gasteiger partial charge on any atom is -0.366 e. The number of benzene rings is 1. The first-order valence-electron chi connectivity index (χ1n) is 7.14. The van der Waals surface area contributed by atoms with Gasteiger partial charge in [-0.05, 0) is 51.4 Å². The minimum absolute atomic E-state index is 0.0712. The molecule has 2 N–H and O–H groups in total. The van der Waals surface area contributed by atoms with Crippen LogP contribution in [-0.2, 0) is 16.1 Å². The number of carbonyl (C=O) groups excluding carboxylic acids is 1. The lowest BCUT2D eigenvalue weighted by Crippen LogP contribution is -2.27. The van der Waals surface area contributed by atoms with E-state index in [1.165, 1.54) is 0 Å². The molecular formula is C16H26N2O2. The maximum atomic E-state index is 11.8. The van der Waals surface area contributed by atoms with E-state index < -0.39 is 0 Å². The van der Waals surface area contributed by atoms with Crippen molar-refractivity contribution in [2.45, 2.75) is 46.3 Å². The third kappa shape index (κ3) is 7.26. The van der Waals surface area contributed by atoms with Gasteiger partial charge in [-0.1, -0.05) is 19.1 Å². The third-order valence-corrected chi connectivity index (χ3v) is 2.60. The van der Waals surface area contributed by atoms with Crippen molar-refractivity contribution in [2.75, 3.05) is 18.5 Å². The van der Waals surface area contributed by atoms with Gasteiger partial charge in [0, 0.05) is 12.2 Å². The zero-order valence-corrected chi connectivity index (χ0v) is 13.0. The minimum atomic E-state index is -0.302. The summed E-state index contributed by atoms with van der Waals surface area (Å²) in [5, 5.41) is 6.19. The molecule has 1 aromatic rings. The second-order valence-corrected chi connectivity index (χ2v) is 5.83. The summed E-state index contributed by atoms with van der Waals surface area (Å²) < 4.78 is 5.45. The van der Waals surface area contributed by atoms with E-state index in [4.69, 9.17) is 4.74 Å². The fourth-order valence-electron chi connectivity index (χ4n) is 1.65. The number of ether oxygens (including phenoxy) is 1. The highest BCUT2D eigenvalue weighted by Crippen LogP contribution is 2.11. The first-order valence-corrected chi connectivity index (χ1v) is 7.14. The Morgan fingerprint density at radius 2 is 2.05 bits per heavy atom. The Balaban J connectivity index is 2.46. The smallest absolute Gasteiger partial charge is 0.250 e. The van der Waals surface area contributed by atoms with E-state index in [9.17, 15) is 4.79 Å². The molecule has 0 aliphatic rings.